The van der Waals surface area contributed by atoms with Gasteiger partial charge in [0.25, 0.3) is 0 Å². The molecule has 0 saturated heterocycles. The molecule has 0 aromatic carbocycles. The van der Waals surface area contributed by atoms with Crippen LogP contribution < -0.4 is 5.73 Å². The van der Waals surface area contributed by atoms with Crippen molar-refractivity contribution in [2.75, 3.05) is 0 Å². The third-order valence-corrected chi connectivity index (χ3v) is 0.622. The zero-order chi connectivity index (χ0) is 14.2. The maximum atomic E-state index is 8.74. The van der Waals surface area contributed by atoms with Gasteiger partial charge < -0.3 is 5.73 Å². The van der Waals surface area contributed by atoms with Gasteiger partial charge in [0.1, 0.15) is 0 Å². The van der Waals surface area contributed by atoms with Crippen LogP contribution in [0.3, 0.4) is 0 Å². The Balaban J connectivity index is -0.000000160. The van der Waals surface area contributed by atoms with Gasteiger partial charge in [-0.05, 0) is 0 Å². The Morgan fingerprint density at radius 1 is 1.00 bits per heavy atom. The van der Waals surface area contributed by atoms with E-state index in [0.717, 1.165) is 0 Å². The smallest absolute Gasteiger partial charge is 0.387 e. The lowest BCUT2D eigenvalue weighted by Crippen LogP contribution is -2.16. The number of amidine groups is 1. The van der Waals surface area contributed by atoms with Crippen molar-refractivity contribution in [3.8, 4) is 0 Å². The first-order valence-electron chi connectivity index (χ1n) is 3.38. The molecule has 0 aromatic rings. The molecule has 0 aliphatic rings. The second-order valence-electron chi connectivity index (χ2n) is 2.51. The van der Waals surface area contributed by atoms with Crippen molar-refractivity contribution < 1.29 is 35.0 Å². The summed E-state index contributed by atoms with van der Waals surface area (Å²) in [5.41, 5.74) is 5.02. The lowest BCUT2D eigenvalue weighted by molar-refractivity contribution is 0.378. The molecule has 0 rings (SSSR count). The van der Waals surface area contributed by atoms with Gasteiger partial charge in [-0.3, -0.25) is 23.6 Å². The minimum atomic E-state index is -4.67. The first kappa shape index (κ1) is 20.6. The minimum absolute atomic E-state index is 0.213. The molecular formula is C4H14N2O8S2. The second-order valence-corrected chi connectivity index (χ2v) is 4.30. The van der Waals surface area contributed by atoms with Gasteiger partial charge in [0.15, 0.2) is 0 Å². The maximum Gasteiger partial charge on any atom is 0.394 e. The third kappa shape index (κ3) is 191. The van der Waals surface area contributed by atoms with Crippen molar-refractivity contribution in [1.29, 1.82) is 5.41 Å². The van der Waals surface area contributed by atoms with E-state index in [-0.39, 0.29) is 11.8 Å². The molecule has 0 heterocycles. The van der Waals surface area contributed by atoms with Crippen molar-refractivity contribution in [1.82, 2.24) is 0 Å². The molecule has 0 aliphatic carbocycles. The Morgan fingerprint density at radius 2 is 1.06 bits per heavy atom. The normalized spacial score (nSPS) is 10.7. The SMILES string of the molecule is CC(C)C(=N)N.O=S(=O)(O)O.O=S(=O)(O)O. The lowest BCUT2D eigenvalue weighted by atomic mass is 10.2. The van der Waals surface area contributed by atoms with E-state index < -0.39 is 20.8 Å². The zero-order valence-electron chi connectivity index (χ0n) is 8.39. The summed E-state index contributed by atoms with van der Waals surface area (Å²) in [5.74, 6) is 0.472. The lowest BCUT2D eigenvalue weighted by Gasteiger charge is -1.95. The Hall–Kier alpha value is -0.790. The molecule has 0 aliphatic heterocycles. The van der Waals surface area contributed by atoms with Gasteiger partial charge in [0, 0.05) is 5.92 Å². The van der Waals surface area contributed by atoms with Crippen LogP contribution in [-0.2, 0) is 20.8 Å². The fraction of sp³-hybridized carbons (Fsp3) is 0.750. The molecule has 0 aromatic heterocycles. The van der Waals surface area contributed by atoms with Crippen molar-refractivity contribution in [3.63, 3.8) is 0 Å². The van der Waals surface area contributed by atoms with E-state index in [1.807, 2.05) is 13.8 Å². The largest absolute Gasteiger partial charge is 0.394 e. The van der Waals surface area contributed by atoms with Gasteiger partial charge in [-0.25, -0.2) is 0 Å². The van der Waals surface area contributed by atoms with E-state index in [1.165, 1.54) is 0 Å². The number of hydrogen-bond acceptors (Lipinski definition) is 5. The molecule has 7 N–H and O–H groups in total. The van der Waals surface area contributed by atoms with E-state index in [1.54, 1.807) is 0 Å². The number of nitrogens with one attached hydrogen (secondary N) is 1. The summed E-state index contributed by atoms with van der Waals surface area (Å²) in [6.07, 6.45) is 0. The van der Waals surface area contributed by atoms with Crippen LogP contribution in [0.4, 0.5) is 0 Å². The Morgan fingerprint density at radius 3 is 1.06 bits per heavy atom. The van der Waals surface area contributed by atoms with Crippen LogP contribution in [-0.4, -0.2) is 40.9 Å². The summed E-state index contributed by atoms with van der Waals surface area (Å²) in [5, 5.41) is 6.73. The van der Waals surface area contributed by atoms with Crippen LogP contribution in [0.15, 0.2) is 0 Å². The summed E-state index contributed by atoms with van der Waals surface area (Å²) in [7, 11) is -9.33. The summed E-state index contributed by atoms with van der Waals surface area (Å²) in [4.78, 5) is 0. The van der Waals surface area contributed by atoms with Crippen LogP contribution in [0.2, 0.25) is 0 Å². The van der Waals surface area contributed by atoms with E-state index in [9.17, 15) is 0 Å². The Labute approximate surface area is 93.1 Å². The average Bonchev–Trinajstić information content (AvgIpc) is 1.77. The zero-order valence-corrected chi connectivity index (χ0v) is 10.0. The van der Waals surface area contributed by atoms with Gasteiger partial charge in [0.05, 0.1) is 5.84 Å². The number of nitrogens with two attached hydrogens (primary N) is 1. The molecule has 0 saturated carbocycles. The van der Waals surface area contributed by atoms with E-state index in [0.29, 0.717) is 0 Å². The number of rotatable bonds is 1. The molecular weight excluding hydrogens is 268 g/mol. The maximum absolute atomic E-state index is 8.74. The first-order chi connectivity index (χ1) is 6.64. The summed E-state index contributed by atoms with van der Waals surface area (Å²) >= 11 is 0. The first-order valence-corrected chi connectivity index (χ1v) is 6.17. The highest BCUT2D eigenvalue weighted by atomic mass is 32.3. The molecule has 0 fully saturated rings. The van der Waals surface area contributed by atoms with Crippen LogP contribution in [0.1, 0.15) is 13.8 Å². The van der Waals surface area contributed by atoms with Crippen molar-refractivity contribution >= 4 is 26.6 Å². The van der Waals surface area contributed by atoms with Crippen LogP contribution in [0.25, 0.3) is 0 Å². The van der Waals surface area contributed by atoms with Crippen LogP contribution >= 0.6 is 0 Å². The topological polar surface area (TPSA) is 199 Å². The van der Waals surface area contributed by atoms with Gasteiger partial charge in [0.2, 0.25) is 0 Å². The molecule has 100 valence electrons. The average molecular weight is 282 g/mol. The Kier molecular flexibility index (Phi) is 10.8. The summed E-state index contributed by atoms with van der Waals surface area (Å²) in [6, 6.07) is 0. The van der Waals surface area contributed by atoms with E-state index in [2.05, 4.69) is 0 Å². The Bertz CT molecular complexity index is 336. The van der Waals surface area contributed by atoms with Gasteiger partial charge in [-0.15, -0.1) is 0 Å². The van der Waals surface area contributed by atoms with Crippen molar-refractivity contribution in [2.45, 2.75) is 13.8 Å². The second kappa shape index (κ2) is 8.37. The molecule has 0 bridgehead atoms. The monoisotopic (exact) mass is 282 g/mol. The molecule has 0 atom stereocenters. The van der Waals surface area contributed by atoms with Gasteiger partial charge in [-0.2, -0.15) is 16.8 Å². The molecule has 0 amide bonds. The van der Waals surface area contributed by atoms with E-state index in [4.69, 9.17) is 46.2 Å². The summed E-state index contributed by atoms with van der Waals surface area (Å²) in [6.45, 7) is 3.78. The highest BCUT2D eigenvalue weighted by Crippen LogP contribution is 1.85. The summed E-state index contributed by atoms with van der Waals surface area (Å²) < 4.78 is 63.2. The van der Waals surface area contributed by atoms with Crippen LogP contribution in [0, 0.1) is 11.3 Å². The third-order valence-electron chi connectivity index (χ3n) is 0.622. The molecule has 10 nitrogen and oxygen atoms in total. The van der Waals surface area contributed by atoms with Crippen LogP contribution in [0.5, 0.6) is 0 Å². The molecule has 16 heavy (non-hydrogen) atoms. The van der Waals surface area contributed by atoms with Gasteiger partial charge in [-0.1, -0.05) is 13.8 Å². The fourth-order valence-corrected chi connectivity index (χ4v) is 0. The highest BCUT2D eigenvalue weighted by Gasteiger charge is 1.91. The minimum Gasteiger partial charge on any atom is -0.387 e. The molecule has 0 spiro atoms. The van der Waals surface area contributed by atoms with Crippen molar-refractivity contribution in [2.24, 2.45) is 11.7 Å². The fourth-order valence-electron chi connectivity index (χ4n) is 0. The van der Waals surface area contributed by atoms with Gasteiger partial charge >= 0.3 is 20.8 Å². The molecule has 0 radical (unpaired) electrons. The van der Waals surface area contributed by atoms with Crippen molar-refractivity contribution in [3.05, 3.63) is 0 Å². The molecule has 0 unspecified atom stereocenters. The predicted molar refractivity (Wildman–Crippen MR) is 55.1 cm³/mol. The standard InChI is InChI=1S/C4H10N2.2H2O4S/c1-3(2)4(5)6;2*1-5(2,3)4/h3H,1-2H3,(H3,5,6);2*(H2,1,2,3,4). The highest BCUT2D eigenvalue weighted by molar-refractivity contribution is 7.80. The predicted octanol–water partition coefficient (Wildman–Crippen LogP) is -0.727. The van der Waals surface area contributed by atoms with E-state index >= 15 is 0 Å². The molecule has 12 heteroatoms. The number of hydrogen-bond donors (Lipinski definition) is 6. The quantitative estimate of drug-likeness (QED) is 0.204.